The van der Waals surface area contributed by atoms with Gasteiger partial charge in [-0.2, -0.15) is 0 Å². The van der Waals surface area contributed by atoms with Crippen LogP contribution in [0.15, 0.2) is 47.4 Å². The monoisotopic (exact) mass is 369 g/mol. The Morgan fingerprint density at radius 3 is 2.58 bits per heavy atom. The Hall–Kier alpha value is -1.94. The fraction of sp³-hybridized carbons (Fsp3) is 0.409. The van der Waals surface area contributed by atoms with Gasteiger partial charge in [0.15, 0.2) is 0 Å². The molecular weight excluding hydrogens is 342 g/mol. The van der Waals surface area contributed by atoms with Crippen LogP contribution < -0.4 is 10.1 Å². The Labute approximate surface area is 160 Å². The Morgan fingerprint density at radius 1 is 1.15 bits per heavy atom. The van der Waals surface area contributed by atoms with Crippen LogP contribution in [0.1, 0.15) is 49.4 Å². The summed E-state index contributed by atoms with van der Waals surface area (Å²) in [6, 6.07) is 14.6. The van der Waals surface area contributed by atoms with E-state index in [1.807, 2.05) is 6.07 Å². The minimum atomic E-state index is -0.281. The van der Waals surface area contributed by atoms with Gasteiger partial charge < -0.3 is 10.1 Å². The average molecular weight is 370 g/mol. The van der Waals surface area contributed by atoms with Crippen LogP contribution in [0.5, 0.6) is 5.75 Å². The van der Waals surface area contributed by atoms with E-state index in [0.717, 1.165) is 23.5 Å². The molecule has 0 spiro atoms. The summed E-state index contributed by atoms with van der Waals surface area (Å²) in [4.78, 5) is 13.7. The van der Waals surface area contributed by atoms with Crippen LogP contribution in [0.25, 0.3) is 0 Å². The zero-order chi connectivity index (χ0) is 18.7. The Kier molecular flexibility index (Phi) is 5.61. The van der Waals surface area contributed by atoms with Crippen molar-refractivity contribution in [3.63, 3.8) is 0 Å². The lowest BCUT2D eigenvalue weighted by atomic mass is 9.89. The van der Waals surface area contributed by atoms with E-state index in [0.29, 0.717) is 6.42 Å². The number of hydrogen-bond acceptors (Lipinski definition) is 3. The second-order valence-electron chi connectivity index (χ2n) is 7.64. The maximum Gasteiger partial charge on any atom is 0.221 e. The van der Waals surface area contributed by atoms with Crippen LogP contribution in [0, 0.1) is 13.8 Å². The molecule has 138 valence electrons. The number of carbonyl (C=O) groups excluding carboxylic acids is 1. The van der Waals surface area contributed by atoms with Gasteiger partial charge in [0.1, 0.15) is 11.4 Å². The molecule has 2 aromatic carbocycles. The molecule has 1 N–H and O–H groups in total. The minimum absolute atomic E-state index is 0.00512. The Morgan fingerprint density at radius 2 is 1.85 bits per heavy atom. The predicted molar refractivity (Wildman–Crippen MR) is 108 cm³/mol. The van der Waals surface area contributed by atoms with E-state index >= 15 is 0 Å². The molecule has 3 rings (SSSR count). The molecule has 3 nitrogen and oxygen atoms in total. The van der Waals surface area contributed by atoms with Crippen molar-refractivity contribution in [1.29, 1.82) is 0 Å². The number of thioether (sulfide) groups is 1. The van der Waals surface area contributed by atoms with Crippen molar-refractivity contribution in [2.24, 2.45) is 0 Å². The summed E-state index contributed by atoms with van der Waals surface area (Å²) in [5.74, 6) is 1.76. The SMILES string of the molecule is Cc1ccc(SCCC(=O)N[C@@H]2CC(C)(C)Oc3ccc(C)cc32)cc1. The van der Waals surface area contributed by atoms with Crippen molar-refractivity contribution in [2.45, 2.75) is 57.1 Å². The van der Waals surface area contributed by atoms with Crippen LogP contribution in [0.4, 0.5) is 0 Å². The van der Waals surface area contributed by atoms with E-state index in [-0.39, 0.29) is 17.6 Å². The van der Waals surface area contributed by atoms with Gasteiger partial charge in [-0.15, -0.1) is 11.8 Å². The van der Waals surface area contributed by atoms with E-state index in [9.17, 15) is 4.79 Å². The fourth-order valence-corrected chi connectivity index (χ4v) is 4.12. The maximum atomic E-state index is 12.5. The molecule has 1 atom stereocenters. The molecule has 0 fully saturated rings. The van der Waals surface area contributed by atoms with E-state index in [1.165, 1.54) is 16.0 Å². The van der Waals surface area contributed by atoms with E-state index in [2.05, 4.69) is 69.4 Å². The van der Waals surface area contributed by atoms with Gasteiger partial charge in [0, 0.05) is 29.1 Å². The third-order valence-corrected chi connectivity index (χ3v) is 5.59. The van der Waals surface area contributed by atoms with Crippen molar-refractivity contribution < 1.29 is 9.53 Å². The largest absolute Gasteiger partial charge is 0.487 e. The normalized spacial score (nSPS) is 17.9. The number of nitrogens with one attached hydrogen (secondary N) is 1. The first-order chi connectivity index (χ1) is 12.3. The number of fused-ring (bicyclic) bond motifs is 1. The van der Waals surface area contributed by atoms with Crippen molar-refractivity contribution >= 4 is 17.7 Å². The smallest absolute Gasteiger partial charge is 0.221 e. The van der Waals surface area contributed by atoms with Crippen LogP contribution in [0.3, 0.4) is 0 Å². The number of benzene rings is 2. The van der Waals surface area contributed by atoms with Gasteiger partial charge in [0.05, 0.1) is 6.04 Å². The van der Waals surface area contributed by atoms with E-state index in [1.54, 1.807) is 11.8 Å². The molecule has 4 heteroatoms. The van der Waals surface area contributed by atoms with Gasteiger partial charge >= 0.3 is 0 Å². The first-order valence-electron chi connectivity index (χ1n) is 9.11. The summed E-state index contributed by atoms with van der Waals surface area (Å²) < 4.78 is 6.08. The zero-order valence-corrected chi connectivity index (χ0v) is 16.8. The number of hydrogen-bond donors (Lipinski definition) is 1. The van der Waals surface area contributed by atoms with Crippen molar-refractivity contribution in [3.05, 3.63) is 59.2 Å². The lowest BCUT2D eigenvalue weighted by Crippen LogP contribution is -2.41. The summed E-state index contributed by atoms with van der Waals surface area (Å²) in [7, 11) is 0. The minimum Gasteiger partial charge on any atom is -0.487 e. The molecule has 1 heterocycles. The van der Waals surface area contributed by atoms with Crippen LogP contribution in [0.2, 0.25) is 0 Å². The summed E-state index contributed by atoms with van der Waals surface area (Å²) in [6.07, 6.45) is 1.29. The molecular formula is C22H27NO2S. The Balaban J connectivity index is 1.60. The third-order valence-electron chi connectivity index (χ3n) is 4.58. The van der Waals surface area contributed by atoms with Gasteiger partial charge in [-0.05, 0) is 45.9 Å². The van der Waals surface area contributed by atoms with Crippen LogP contribution in [-0.4, -0.2) is 17.3 Å². The highest BCUT2D eigenvalue weighted by Gasteiger charge is 2.34. The number of carbonyl (C=O) groups is 1. The van der Waals surface area contributed by atoms with Gasteiger partial charge in [-0.3, -0.25) is 4.79 Å². The lowest BCUT2D eigenvalue weighted by Gasteiger charge is -2.38. The van der Waals surface area contributed by atoms with Crippen LogP contribution in [-0.2, 0) is 4.79 Å². The number of amides is 1. The molecule has 1 aliphatic rings. The highest BCUT2D eigenvalue weighted by Crippen LogP contribution is 2.39. The van der Waals surface area contributed by atoms with Crippen molar-refractivity contribution in [2.75, 3.05) is 5.75 Å². The van der Waals surface area contributed by atoms with Gasteiger partial charge in [0.25, 0.3) is 0 Å². The average Bonchev–Trinajstić information content (AvgIpc) is 2.57. The number of aryl methyl sites for hydroxylation is 2. The molecule has 0 radical (unpaired) electrons. The summed E-state index contributed by atoms with van der Waals surface area (Å²) in [6.45, 7) is 8.29. The molecule has 0 saturated carbocycles. The summed E-state index contributed by atoms with van der Waals surface area (Å²) in [5, 5.41) is 3.22. The van der Waals surface area contributed by atoms with Gasteiger partial charge in [-0.25, -0.2) is 0 Å². The predicted octanol–water partition coefficient (Wildman–Crippen LogP) is 5.20. The Bertz CT molecular complexity index is 783. The molecule has 0 aliphatic carbocycles. The molecule has 1 amide bonds. The fourth-order valence-electron chi connectivity index (χ4n) is 3.27. The topological polar surface area (TPSA) is 38.3 Å². The third kappa shape index (κ3) is 4.82. The van der Waals surface area contributed by atoms with Gasteiger partial charge in [-0.1, -0.05) is 35.4 Å². The molecule has 1 aliphatic heterocycles. The standard InChI is InChI=1S/C22H27NO2S/c1-15-5-8-17(9-6-15)26-12-11-21(24)23-19-14-22(3,4)25-20-10-7-16(2)13-18(19)20/h5-10,13,19H,11-12,14H2,1-4H3,(H,23,24)/t19-/m1/s1. The first-order valence-corrected chi connectivity index (χ1v) is 10.1. The molecule has 2 aromatic rings. The number of rotatable bonds is 5. The van der Waals surface area contributed by atoms with Gasteiger partial charge in [0.2, 0.25) is 5.91 Å². The zero-order valence-electron chi connectivity index (χ0n) is 16.0. The first kappa shape index (κ1) is 18.8. The lowest BCUT2D eigenvalue weighted by molar-refractivity contribution is -0.121. The number of ether oxygens (including phenoxy) is 1. The summed E-state index contributed by atoms with van der Waals surface area (Å²) >= 11 is 1.72. The molecule has 0 unspecified atom stereocenters. The highest BCUT2D eigenvalue weighted by molar-refractivity contribution is 7.99. The molecule has 0 saturated heterocycles. The van der Waals surface area contributed by atoms with Crippen molar-refractivity contribution in [1.82, 2.24) is 5.32 Å². The van der Waals surface area contributed by atoms with Crippen molar-refractivity contribution in [3.8, 4) is 5.75 Å². The quantitative estimate of drug-likeness (QED) is 0.736. The maximum absolute atomic E-state index is 12.5. The molecule has 26 heavy (non-hydrogen) atoms. The van der Waals surface area contributed by atoms with Crippen LogP contribution >= 0.6 is 11.8 Å². The molecule has 0 aromatic heterocycles. The summed E-state index contributed by atoms with van der Waals surface area (Å²) in [5.41, 5.74) is 3.24. The second kappa shape index (κ2) is 7.75. The second-order valence-corrected chi connectivity index (χ2v) is 8.81. The highest BCUT2D eigenvalue weighted by atomic mass is 32.2. The van der Waals surface area contributed by atoms with E-state index < -0.39 is 0 Å². The van der Waals surface area contributed by atoms with E-state index in [4.69, 9.17) is 4.74 Å². The molecule has 0 bridgehead atoms.